The fourth-order valence-electron chi connectivity index (χ4n) is 1.84. The second kappa shape index (κ2) is 13.2. The SMILES string of the molecule is CCCCCC/C=C/SC[C@H](NC(=O)OC(C)(C)C)C(=O)OCC. The number of rotatable bonds is 11. The Labute approximate surface area is 150 Å². The Balaban J connectivity index is 4.29. The van der Waals surface area contributed by atoms with E-state index in [9.17, 15) is 9.59 Å². The molecule has 1 atom stereocenters. The summed E-state index contributed by atoms with van der Waals surface area (Å²) < 4.78 is 10.2. The highest BCUT2D eigenvalue weighted by atomic mass is 32.2. The first-order valence-corrected chi connectivity index (χ1v) is 9.77. The molecule has 0 unspecified atom stereocenters. The lowest BCUT2D eigenvalue weighted by atomic mass is 10.2. The zero-order valence-electron chi connectivity index (χ0n) is 15.7. The lowest BCUT2D eigenvalue weighted by Crippen LogP contribution is -2.45. The van der Waals surface area contributed by atoms with Gasteiger partial charge in [0.15, 0.2) is 0 Å². The number of carbonyl (C=O) groups excluding carboxylic acids is 2. The van der Waals surface area contributed by atoms with Crippen molar-refractivity contribution in [2.24, 2.45) is 0 Å². The van der Waals surface area contributed by atoms with E-state index >= 15 is 0 Å². The van der Waals surface area contributed by atoms with Crippen LogP contribution in [0.15, 0.2) is 11.5 Å². The van der Waals surface area contributed by atoms with Gasteiger partial charge >= 0.3 is 12.1 Å². The van der Waals surface area contributed by atoms with E-state index in [0.29, 0.717) is 5.75 Å². The number of carbonyl (C=O) groups is 2. The molecule has 24 heavy (non-hydrogen) atoms. The Hall–Kier alpha value is -1.17. The van der Waals surface area contributed by atoms with Gasteiger partial charge in [-0.05, 0) is 45.9 Å². The molecule has 0 aromatic rings. The van der Waals surface area contributed by atoms with Crippen LogP contribution in [0, 0.1) is 0 Å². The largest absolute Gasteiger partial charge is 0.464 e. The van der Waals surface area contributed by atoms with Gasteiger partial charge in [0.05, 0.1) is 6.61 Å². The highest BCUT2D eigenvalue weighted by molar-refractivity contribution is 8.02. The minimum absolute atomic E-state index is 0.281. The standard InChI is InChI=1S/C18H33NO4S/c1-6-8-9-10-11-12-13-24-14-15(16(20)22-7-2)19-17(21)23-18(3,4)5/h12-13,15H,6-11,14H2,1-5H3,(H,19,21)/b13-12+/t15-/m0/s1. The number of hydrogen-bond donors (Lipinski definition) is 1. The van der Waals surface area contributed by atoms with E-state index in [-0.39, 0.29) is 6.61 Å². The summed E-state index contributed by atoms with van der Waals surface area (Å²) in [5.41, 5.74) is -0.602. The molecule has 0 aliphatic rings. The first-order valence-electron chi connectivity index (χ1n) is 8.73. The van der Waals surface area contributed by atoms with Gasteiger partial charge < -0.3 is 14.8 Å². The van der Waals surface area contributed by atoms with Crippen LogP contribution >= 0.6 is 11.8 Å². The minimum atomic E-state index is -0.713. The number of ether oxygens (including phenoxy) is 2. The van der Waals surface area contributed by atoms with E-state index in [4.69, 9.17) is 9.47 Å². The molecule has 140 valence electrons. The number of esters is 1. The quantitative estimate of drug-likeness (QED) is 0.429. The van der Waals surface area contributed by atoms with E-state index in [2.05, 4.69) is 18.3 Å². The minimum Gasteiger partial charge on any atom is -0.464 e. The molecule has 0 bridgehead atoms. The van der Waals surface area contributed by atoms with Gasteiger partial charge in [0.25, 0.3) is 0 Å². The maximum Gasteiger partial charge on any atom is 0.408 e. The molecule has 5 nitrogen and oxygen atoms in total. The monoisotopic (exact) mass is 359 g/mol. The molecule has 0 aliphatic heterocycles. The Morgan fingerprint density at radius 1 is 1.17 bits per heavy atom. The van der Waals surface area contributed by atoms with E-state index in [0.717, 1.165) is 6.42 Å². The van der Waals surface area contributed by atoms with Crippen LogP contribution in [-0.4, -0.2) is 36.1 Å². The number of unbranched alkanes of at least 4 members (excludes halogenated alkanes) is 4. The summed E-state index contributed by atoms with van der Waals surface area (Å²) in [6.45, 7) is 9.56. The van der Waals surface area contributed by atoms with E-state index in [1.165, 1.54) is 37.4 Å². The third-order valence-corrected chi connectivity index (χ3v) is 3.85. The zero-order valence-corrected chi connectivity index (χ0v) is 16.5. The lowest BCUT2D eigenvalue weighted by molar-refractivity contribution is -0.144. The van der Waals surface area contributed by atoms with E-state index in [1.54, 1.807) is 27.7 Å². The molecule has 6 heteroatoms. The first-order chi connectivity index (χ1) is 11.3. The highest BCUT2D eigenvalue weighted by Gasteiger charge is 2.25. The molecule has 0 fully saturated rings. The average Bonchev–Trinajstić information content (AvgIpc) is 2.47. The number of thioether (sulfide) groups is 1. The molecule has 1 N–H and O–H groups in total. The van der Waals surface area contributed by atoms with Crippen molar-refractivity contribution >= 4 is 23.8 Å². The normalized spacial score (nSPS) is 12.9. The Morgan fingerprint density at radius 2 is 1.88 bits per heavy atom. The molecule has 0 aromatic carbocycles. The van der Waals surface area contributed by atoms with Crippen molar-refractivity contribution < 1.29 is 19.1 Å². The maximum absolute atomic E-state index is 12.0. The van der Waals surface area contributed by atoms with Crippen molar-refractivity contribution in [3.8, 4) is 0 Å². The summed E-state index contributed by atoms with van der Waals surface area (Å²) in [6.07, 6.45) is 7.47. The van der Waals surface area contributed by atoms with Gasteiger partial charge in [0, 0.05) is 5.75 Å². The molecule has 0 radical (unpaired) electrons. The summed E-state index contributed by atoms with van der Waals surface area (Å²) in [5, 5.41) is 4.57. The first kappa shape index (κ1) is 22.8. The molecule has 0 aliphatic carbocycles. The molecular formula is C18H33NO4S. The number of nitrogens with one attached hydrogen (secondary N) is 1. The molecule has 0 saturated carbocycles. The third kappa shape index (κ3) is 13.3. The smallest absolute Gasteiger partial charge is 0.408 e. The van der Waals surface area contributed by atoms with Crippen molar-refractivity contribution in [1.82, 2.24) is 5.32 Å². The van der Waals surface area contributed by atoms with Gasteiger partial charge in [-0.1, -0.05) is 32.3 Å². The number of allylic oxidation sites excluding steroid dienone is 1. The van der Waals surface area contributed by atoms with Crippen LogP contribution in [0.2, 0.25) is 0 Å². The molecule has 0 rings (SSSR count). The van der Waals surface area contributed by atoms with Crippen LogP contribution < -0.4 is 5.32 Å². The second-order valence-electron chi connectivity index (χ2n) is 6.51. The summed E-state index contributed by atoms with van der Waals surface area (Å²) in [6, 6.07) is -0.713. The van der Waals surface area contributed by atoms with E-state index in [1.807, 2.05) is 5.41 Å². The summed E-state index contributed by atoms with van der Waals surface area (Å²) in [5.74, 6) is -0.0176. The van der Waals surface area contributed by atoms with Crippen LogP contribution in [0.5, 0.6) is 0 Å². The van der Waals surface area contributed by atoms with Crippen LogP contribution in [0.1, 0.15) is 66.7 Å². The van der Waals surface area contributed by atoms with Crippen LogP contribution in [-0.2, 0) is 14.3 Å². The number of amides is 1. The summed E-state index contributed by atoms with van der Waals surface area (Å²) >= 11 is 1.49. The van der Waals surface area contributed by atoms with Gasteiger partial charge in [-0.25, -0.2) is 9.59 Å². The molecule has 0 aromatic heterocycles. The van der Waals surface area contributed by atoms with Crippen LogP contribution in [0.4, 0.5) is 4.79 Å². The van der Waals surface area contributed by atoms with Gasteiger partial charge in [0.2, 0.25) is 0 Å². The number of alkyl carbamates (subject to hydrolysis) is 1. The zero-order chi connectivity index (χ0) is 18.4. The van der Waals surface area contributed by atoms with Crippen molar-refractivity contribution in [3.05, 3.63) is 11.5 Å². The topological polar surface area (TPSA) is 64.6 Å². The Morgan fingerprint density at radius 3 is 2.46 bits per heavy atom. The van der Waals surface area contributed by atoms with Gasteiger partial charge in [-0.2, -0.15) is 0 Å². The predicted octanol–water partition coefficient (Wildman–Crippen LogP) is 4.66. The van der Waals surface area contributed by atoms with Crippen molar-refractivity contribution in [1.29, 1.82) is 0 Å². The summed E-state index contributed by atoms with van der Waals surface area (Å²) in [7, 11) is 0. The third-order valence-electron chi connectivity index (χ3n) is 2.94. The summed E-state index contributed by atoms with van der Waals surface area (Å²) in [4.78, 5) is 23.8. The average molecular weight is 360 g/mol. The van der Waals surface area contributed by atoms with Gasteiger partial charge in [0.1, 0.15) is 11.6 Å². The van der Waals surface area contributed by atoms with Gasteiger partial charge in [-0.15, -0.1) is 11.8 Å². The fourth-order valence-corrected chi connectivity index (χ4v) is 2.63. The lowest BCUT2D eigenvalue weighted by Gasteiger charge is -2.22. The van der Waals surface area contributed by atoms with Crippen molar-refractivity contribution in [3.63, 3.8) is 0 Å². The van der Waals surface area contributed by atoms with Crippen molar-refractivity contribution in [2.45, 2.75) is 78.4 Å². The van der Waals surface area contributed by atoms with E-state index < -0.39 is 23.7 Å². The number of hydrogen-bond acceptors (Lipinski definition) is 5. The Kier molecular flexibility index (Phi) is 12.5. The fraction of sp³-hybridized carbons (Fsp3) is 0.778. The van der Waals surface area contributed by atoms with Crippen LogP contribution in [0.25, 0.3) is 0 Å². The molecule has 0 heterocycles. The van der Waals surface area contributed by atoms with Crippen LogP contribution in [0.3, 0.4) is 0 Å². The second-order valence-corrected chi connectivity index (χ2v) is 7.44. The molecular weight excluding hydrogens is 326 g/mol. The predicted molar refractivity (Wildman–Crippen MR) is 100 cm³/mol. The molecule has 0 saturated heterocycles. The maximum atomic E-state index is 12.0. The molecule has 1 amide bonds. The van der Waals surface area contributed by atoms with Crippen molar-refractivity contribution in [2.75, 3.05) is 12.4 Å². The van der Waals surface area contributed by atoms with Gasteiger partial charge in [-0.3, -0.25) is 0 Å². The Bertz CT molecular complexity index is 391. The highest BCUT2D eigenvalue weighted by Crippen LogP contribution is 2.11. The molecule has 0 spiro atoms.